The number of carbonyl (C=O) groups excluding carboxylic acids is 3. The normalized spacial score (nSPS) is 12.7. The summed E-state index contributed by atoms with van der Waals surface area (Å²) in [6.07, 6.45) is 0.184. The van der Waals surface area contributed by atoms with Gasteiger partial charge in [0.1, 0.15) is 0 Å². The largest absolute Gasteiger partial charge is 0.438 e. The first-order valence-corrected chi connectivity index (χ1v) is 16.1. The fraction of sp³-hybridized carbons (Fsp3) is 0.344. The highest BCUT2D eigenvalue weighted by Gasteiger charge is 2.56. The molecule has 236 valence electrons. The molecular weight excluding hydrogens is 661 g/mol. The Balaban J connectivity index is 1.91. The van der Waals surface area contributed by atoms with Crippen LogP contribution in [-0.2, 0) is 44.8 Å². The van der Waals surface area contributed by atoms with Crippen LogP contribution in [0.25, 0.3) is 0 Å². The molecule has 0 spiro atoms. The molecular formula is C32H34BrF2O8P. The molecule has 0 amide bonds. The van der Waals surface area contributed by atoms with Crippen LogP contribution in [0.5, 0.6) is 0 Å². The second-order valence-corrected chi connectivity index (χ2v) is 13.4. The number of rotatable bonds is 15. The Kier molecular flexibility index (Phi) is 12.5. The molecule has 0 aromatic heterocycles. The molecule has 44 heavy (non-hydrogen) atoms. The smallest absolute Gasteiger partial charge is 0.410 e. The first-order valence-electron chi connectivity index (χ1n) is 13.8. The maximum Gasteiger partial charge on any atom is 0.410 e. The third kappa shape index (κ3) is 8.91. The predicted molar refractivity (Wildman–Crippen MR) is 163 cm³/mol. The summed E-state index contributed by atoms with van der Waals surface area (Å²) < 4.78 is 64.7. The van der Waals surface area contributed by atoms with Gasteiger partial charge in [-0.05, 0) is 23.6 Å². The molecule has 0 aliphatic rings. The second-order valence-electron chi connectivity index (χ2n) is 10.5. The Morgan fingerprint density at radius 2 is 1.30 bits per heavy atom. The van der Waals surface area contributed by atoms with Crippen molar-refractivity contribution in [3.05, 3.63) is 106 Å². The zero-order valence-corrected chi connectivity index (χ0v) is 27.2. The zero-order valence-electron chi connectivity index (χ0n) is 24.7. The summed E-state index contributed by atoms with van der Waals surface area (Å²) >= 11 is 3.16. The number of hydrogen-bond acceptors (Lipinski definition) is 8. The summed E-state index contributed by atoms with van der Waals surface area (Å²) in [6, 6.07) is 21.7. The van der Waals surface area contributed by atoms with Crippen LogP contribution in [-0.4, -0.2) is 31.3 Å². The van der Waals surface area contributed by atoms with E-state index in [1.54, 1.807) is 30.3 Å². The van der Waals surface area contributed by atoms with E-state index in [0.29, 0.717) is 11.1 Å². The van der Waals surface area contributed by atoms with Gasteiger partial charge in [-0.25, -0.2) is 0 Å². The standard InChI is InChI=1S/C32H34BrF2O8P/c1-21(2)30(37)40-19-42-44(39,43-20-41-31(38)22(3)4)32(34,35)27-16-15-23(18-28(27)33)17-26(24-11-7-5-8-12-24)29(36)25-13-9-6-10-14-25/h5-16,18,21-22,26H,17,19-20H2,1-4H3. The second kappa shape index (κ2) is 15.7. The number of benzene rings is 3. The maximum atomic E-state index is 16.0. The number of carbonyl (C=O) groups is 3. The molecule has 8 nitrogen and oxygen atoms in total. The topological polar surface area (TPSA) is 105 Å². The van der Waals surface area contributed by atoms with Crippen molar-refractivity contribution in [2.75, 3.05) is 13.6 Å². The molecule has 0 bridgehead atoms. The third-order valence-corrected chi connectivity index (χ3v) is 8.98. The van der Waals surface area contributed by atoms with E-state index in [9.17, 15) is 18.9 Å². The highest BCUT2D eigenvalue weighted by Crippen LogP contribution is 2.67. The molecule has 3 rings (SSSR count). The molecule has 0 saturated carbocycles. The Bertz CT molecular complexity index is 1450. The van der Waals surface area contributed by atoms with E-state index in [1.807, 2.05) is 30.3 Å². The number of ketones is 1. The van der Waals surface area contributed by atoms with Crippen molar-refractivity contribution in [2.24, 2.45) is 11.8 Å². The van der Waals surface area contributed by atoms with E-state index in [0.717, 1.165) is 11.6 Å². The predicted octanol–water partition coefficient (Wildman–Crippen LogP) is 8.25. The summed E-state index contributed by atoms with van der Waals surface area (Å²) in [5, 5.41) is 0. The Morgan fingerprint density at radius 1 is 0.795 bits per heavy atom. The number of Topliss-reactive ketones (excluding diaryl/α,β-unsaturated/α-hetero) is 1. The number of alkyl halides is 2. The number of ether oxygens (including phenoxy) is 2. The van der Waals surface area contributed by atoms with Crippen LogP contribution in [0.2, 0.25) is 0 Å². The molecule has 0 aliphatic heterocycles. The summed E-state index contributed by atoms with van der Waals surface area (Å²) in [6.45, 7) is 3.91. The van der Waals surface area contributed by atoms with E-state index >= 15 is 8.78 Å². The van der Waals surface area contributed by atoms with E-state index in [1.165, 1.54) is 39.8 Å². The molecule has 0 aliphatic carbocycles. The van der Waals surface area contributed by atoms with Crippen molar-refractivity contribution in [3.8, 4) is 0 Å². The Labute approximate surface area is 263 Å². The van der Waals surface area contributed by atoms with Gasteiger partial charge in [-0.1, -0.05) is 116 Å². The van der Waals surface area contributed by atoms with Gasteiger partial charge in [-0.3, -0.25) is 28.0 Å². The van der Waals surface area contributed by atoms with E-state index in [-0.39, 0.29) is 16.7 Å². The average Bonchev–Trinajstić information content (AvgIpc) is 3.00. The first kappa shape index (κ1) is 35.2. The third-order valence-electron chi connectivity index (χ3n) is 6.51. The van der Waals surface area contributed by atoms with Crippen LogP contribution < -0.4 is 0 Å². The fourth-order valence-corrected chi connectivity index (χ4v) is 6.10. The first-order chi connectivity index (χ1) is 20.8. The van der Waals surface area contributed by atoms with Gasteiger partial charge >= 0.3 is 25.2 Å². The lowest BCUT2D eigenvalue weighted by Crippen LogP contribution is -2.23. The van der Waals surface area contributed by atoms with Crippen molar-refractivity contribution in [1.82, 2.24) is 0 Å². The lowest BCUT2D eigenvalue weighted by molar-refractivity contribution is -0.157. The monoisotopic (exact) mass is 694 g/mol. The summed E-state index contributed by atoms with van der Waals surface area (Å²) in [7, 11) is -5.46. The molecule has 0 radical (unpaired) electrons. The summed E-state index contributed by atoms with van der Waals surface area (Å²) in [5.41, 5.74) is -3.22. The van der Waals surface area contributed by atoms with Crippen molar-refractivity contribution in [3.63, 3.8) is 0 Å². The van der Waals surface area contributed by atoms with Crippen LogP contribution in [0.1, 0.15) is 60.7 Å². The molecule has 3 aromatic rings. The van der Waals surface area contributed by atoms with Gasteiger partial charge in [0, 0.05) is 15.6 Å². The number of halogens is 3. The molecule has 0 fully saturated rings. The van der Waals surface area contributed by atoms with Crippen LogP contribution in [0.15, 0.2) is 83.3 Å². The molecule has 12 heteroatoms. The van der Waals surface area contributed by atoms with E-state index < -0.39 is 62.1 Å². The molecule has 1 atom stereocenters. The minimum atomic E-state index is -5.46. The summed E-state index contributed by atoms with van der Waals surface area (Å²) in [4.78, 5) is 37.2. The van der Waals surface area contributed by atoms with Crippen LogP contribution in [0.3, 0.4) is 0 Å². The minimum Gasteiger partial charge on any atom is -0.438 e. The molecule has 3 aromatic carbocycles. The highest BCUT2D eigenvalue weighted by molar-refractivity contribution is 9.10. The van der Waals surface area contributed by atoms with Gasteiger partial charge in [0.05, 0.1) is 17.8 Å². The maximum absolute atomic E-state index is 16.0. The van der Waals surface area contributed by atoms with Gasteiger partial charge in [-0.15, -0.1) is 0 Å². The molecule has 1 unspecified atom stereocenters. The lowest BCUT2D eigenvalue weighted by Gasteiger charge is -2.27. The van der Waals surface area contributed by atoms with Gasteiger partial charge in [-0.2, -0.15) is 8.78 Å². The minimum absolute atomic E-state index is 0.134. The highest BCUT2D eigenvalue weighted by atomic mass is 79.9. The average molecular weight is 695 g/mol. The molecule has 0 saturated heterocycles. The quantitative estimate of drug-likeness (QED) is 0.0678. The zero-order chi connectivity index (χ0) is 32.5. The van der Waals surface area contributed by atoms with Gasteiger partial charge in [0.2, 0.25) is 13.6 Å². The SMILES string of the molecule is CC(C)C(=O)OCOP(=O)(OCOC(=O)C(C)C)C(F)(F)c1ccc(CC(C(=O)c2ccccc2)c2ccccc2)cc1Br. The van der Waals surface area contributed by atoms with Crippen molar-refractivity contribution < 1.29 is 46.3 Å². The number of hydrogen-bond donors (Lipinski definition) is 0. The van der Waals surface area contributed by atoms with Crippen molar-refractivity contribution in [1.29, 1.82) is 0 Å². The Hall–Kier alpha value is -3.24. The summed E-state index contributed by atoms with van der Waals surface area (Å²) in [5.74, 6) is -3.48. The molecule has 0 N–H and O–H groups in total. The van der Waals surface area contributed by atoms with Gasteiger partial charge in [0.25, 0.3) is 0 Å². The van der Waals surface area contributed by atoms with Crippen LogP contribution >= 0.6 is 23.5 Å². The fourth-order valence-electron chi connectivity index (χ4n) is 4.00. The Morgan fingerprint density at radius 3 is 1.77 bits per heavy atom. The number of esters is 2. The van der Waals surface area contributed by atoms with Crippen molar-refractivity contribution >= 4 is 41.2 Å². The van der Waals surface area contributed by atoms with Crippen LogP contribution in [0.4, 0.5) is 8.78 Å². The van der Waals surface area contributed by atoms with Crippen molar-refractivity contribution in [2.45, 2.75) is 45.7 Å². The van der Waals surface area contributed by atoms with E-state index in [2.05, 4.69) is 15.9 Å². The van der Waals surface area contributed by atoms with Crippen LogP contribution in [0, 0.1) is 11.8 Å². The van der Waals surface area contributed by atoms with Gasteiger partial charge < -0.3 is 9.47 Å². The van der Waals surface area contributed by atoms with E-state index in [4.69, 9.17) is 18.5 Å². The molecule has 0 heterocycles. The lowest BCUT2D eigenvalue weighted by atomic mass is 9.85. The van der Waals surface area contributed by atoms with Gasteiger partial charge in [0.15, 0.2) is 5.78 Å².